The van der Waals surface area contributed by atoms with Gasteiger partial charge in [-0.1, -0.05) is 43.7 Å². The summed E-state index contributed by atoms with van der Waals surface area (Å²) in [5.74, 6) is 0.967. The summed E-state index contributed by atoms with van der Waals surface area (Å²) in [4.78, 5) is 11.3. The summed E-state index contributed by atoms with van der Waals surface area (Å²) < 4.78 is 0. The molecule has 0 bridgehead atoms. The van der Waals surface area contributed by atoms with Gasteiger partial charge in [0.1, 0.15) is 12.1 Å². The van der Waals surface area contributed by atoms with Gasteiger partial charge in [0.15, 0.2) is 0 Å². The van der Waals surface area contributed by atoms with Gasteiger partial charge in [0.2, 0.25) is 0 Å². The minimum absolute atomic E-state index is 0.447. The Morgan fingerprint density at radius 1 is 1.21 bits per heavy atom. The first-order valence-electron chi connectivity index (χ1n) is 9.11. The van der Waals surface area contributed by atoms with Crippen molar-refractivity contribution in [2.75, 3.05) is 11.9 Å². The summed E-state index contributed by atoms with van der Waals surface area (Å²) in [6.07, 6.45) is 6.26. The van der Waals surface area contributed by atoms with Crippen LogP contribution < -0.4 is 5.32 Å². The lowest BCUT2D eigenvalue weighted by Crippen LogP contribution is -2.36. The Bertz CT molecular complexity index is 629. The molecular weight excluding hydrogens is 296 g/mol. The molecule has 0 radical (unpaired) electrons. The molecular formula is C20H28N4. The third kappa shape index (κ3) is 4.32. The molecule has 0 amide bonds. The van der Waals surface area contributed by atoms with Gasteiger partial charge in [0, 0.05) is 36.9 Å². The van der Waals surface area contributed by atoms with Crippen LogP contribution in [-0.2, 0) is 13.0 Å². The molecule has 2 heterocycles. The van der Waals surface area contributed by atoms with Crippen LogP contribution in [-0.4, -0.2) is 33.5 Å². The lowest BCUT2D eigenvalue weighted by Gasteiger charge is -2.25. The quantitative estimate of drug-likeness (QED) is 0.839. The molecule has 1 aliphatic heterocycles. The molecule has 1 aliphatic rings. The maximum absolute atomic E-state index is 4.41. The van der Waals surface area contributed by atoms with Gasteiger partial charge < -0.3 is 5.32 Å². The Kier molecular flexibility index (Phi) is 5.81. The summed E-state index contributed by atoms with van der Waals surface area (Å²) in [5.41, 5.74) is 2.52. The Hall–Kier alpha value is -1.94. The second-order valence-corrected chi connectivity index (χ2v) is 6.73. The van der Waals surface area contributed by atoms with Gasteiger partial charge in [-0.2, -0.15) is 0 Å². The maximum Gasteiger partial charge on any atom is 0.129 e. The van der Waals surface area contributed by atoms with Crippen molar-refractivity contribution in [2.45, 2.75) is 58.2 Å². The highest BCUT2D eigenvalue weighted by atomic mass is 15.2. The van der Waals surface area contributed by atoms with Gasteiger partial charge in [0.25, 0.3) is 0 Å². The van der Waals surface area contributed by atoms with Crippen LogP contribution >= 0.6 is 0 Å². The number of aryl methyl sites for hydroxylation is 1. The van der Waals surface area contributed by atoms with E-state index >= 15 is 0 Å². The van der Waals surface area contributed by atoms with Crippen molar-refractivity contribution in [3.8, 4) is 0 Å². The number of benzene rings is 1. The topological polar surface area (TPSA) is 41.0 Å². The molecule has 4 heteroatoms. The third-order valence-corrected chi connectivity index (χ3v) is 4.96. The Labute approximate surface area is 145 Å². The predicted octanol–water partition coefficient (Wildman–Crippen LogP) is 3.89. The second kappa shape index (κ2) is 8.25. The van der Waals surface area contributed by atoms with Crippen LogP contribution in [0.15, 0.2) is 42.7 Å². The maximum atomic E-state index is 4.41. The fourth-order valence-electron chi connectivity index (χ4n) is 3.40. The zero-order valence-corrected chi connectivity index (χ0v) is 14.8. The smallest absolute Gasteiger partial charge is 0.129 e. The van der Waals surface area contributed by atoms with Crippen LogP contribution in [0.3, 0.4) is 0 Å². The van der Waals surface area contributed by atoms with E-state index in [0.717, 1.165) is 37.4 Å². The first-order chi connectivity index (χ1) is 11.8. The van der Waals surface area contributed by atoms with E-state index in [9.17, 15) is 0 Å². The van der Waals surface area contributed by atoms with E-state index in [1.165, 1.54) is 18.4 Å². The standard InChI is InChI=1S/C20H28N4/c1-3-4-10-18-13-20(22-15-21-18)23-19-11-12-24(16(19)2)14-17-8-6-5-7-9-17/h5-9,13,15-16,19H,3-4,10-12,14H2,1-2H3,(H,21,22,23). The lowest BCUT2D eigenvalue weighted by molar-refractivity contribution is 0.255. The normalized spacial score (nSPS) is 21.1. The highest BCUT2D eigenvalue weighted by molar-refractivity contribution is 5.37. The molecule has 1 saturated heterocycles. The molecule has 0 spiro atoms. The third-order valence-electron chi connectivity index (χ3n) is 4.96. The molecule has 2 unspecified atom stereocenters. The fourth-order valence-corrected chi connectivity index (χ4v) is 3.40. The van der Waals surface area contributed by atoms with E-state index < -0.39 is 0 Å². The van der Waals surface area contributed by atoms with Crippen LogP contribution in [0.5, 0.6) is 0 Å². The van der Waals surface area contributed by atoms with Crippen molar-refractivity contribution in [1.29, 1.82) is 0 Å². The zero-order valence-electron chi connectivity index (χ0n) is 14.8. The number of hydrogen-bond acceptors (Lipinski definition) is 4. The molecule has 1 aromatic heterocycles. The van der Waals surface area contributed by atoms with Crippen molar-refractivity contribution >= 4 is 5.82 Å². The van der Waals surface area contributed by atoms with Crippen LogP contribution in [0.2, 0.25) is 0 Å². The Balaban J connectivity index is 1.58. The first-order valence-corrected chi connectivity index (χ1v) is 9.11. The molecule has 1 N–H and O–H groups in total. The van der Waals surface area contributed by atoms with E-state index in [1.807, 2.05) is 0 Å². The van der Waals surface area contributed by atoms with Crippen molar-refractivity contribution < 1.29 is 0 Å². The number of nitrogens with one attached hydrogen (secondary N) is 1. The van der Waals surface area contributed by atoms with Gasteiger partial charge in [0.05, 0.1) is 0 Å². The largest absolute Gasteiger partial charge is 0.366 e. The van der Waals surface area contributed by atoms with Crippen LogP contribution in [0.25, 0.3) is 0 Å². The highest BCUT2D eigenvalue weighted by Gasteiger charge is 2.30. The number of rotatable bonds is 7. The number of aromatic nitrogens is 2. The monoisotopic (exact) mass is 324 g/mol. The number of hydrogen-bond donors (Lipinski definition) is 1. The SMILES string of the molecule is CCCCc1cc(NC2CCN(Cc3ccccc3)C2C)ncn1. The number of nitrogens with zero attached hydrogens (tertiary/aromatic N) is 3. The summed E-state index contributed by atoms with van der Waals surface area (Å²) in [7, 11) is 0. The molecule has 0 saturated carbocycles. The second-order valence-electron chi connectivity index (χ2n) is 6.73. The molecule has 2 atom stereocenters. The van der Waals surface area contributed by atoms with Crippen LogP contribution in [0.1, 0.15) is 44.4 Å². The molecule has 4 nitrogen and oxygen atoms in total. The van der Waals surface area contributed by atoms with Crippen molar-refractivity contribution in [1.82, 2.24) is 14.9 Å². The summed E-state index contributed by atoms with van der Waals surface area (Å²) in [6.45, 7) is 6.67. The highest BCUT2D eigenvalue weighted by Crippen LogP contribution is 2.23. The van der Waals surface area contributed by atoms with E-state index in [4.69, 9.17) is 0 Å². The van der Waals surface area contributed by atoms with E-state index in [0.29, 0.717) is 12.1 Å². The summed E-state index contributed by atoms with van der Waals surface area (Å²) in [6, 6.07) is 13.8. The molecule has 1 fully saturated rings. The van der Waals surface area contributed by atoms with E-state index in [-0.39, 0.29) is 0 Å². The predicted molar refractivity (Wildman–Crippen MR) is 99.0 cm³/mol. The van der Waals surface area contributed by atoms with Crippen LogP contribution in [0.4, 0.5) is 5.82 Å². The van der Waals surface area contributed by atoms with E-state index in [1.54, 1.807) is 6.33 Å². The minimum atomic E-state index is 0.447. The van der Waals surface area contributed by atoms with Crippen molar-refractivity contribution in [2.24, 2.45) is 0 Å². The summed E-state index contributed by atoms with van der Waals surface area (Å²) in [5, 5.41) is 3.63. The molecule has 3 rings (SSSR count). The lowest BCUT2D eigenvalue weighted by atomic mass is 10.1. The zero-order chi connectivity index (χ0) is 16.8. The summed E-state index contributed by atoms with van der Waals surface area (Å²) >= 11 is 0. The van der Waals surface area contributed by atoms with Gasteiger partial charge in [-0.25, -0.2) is 9.97 Å². The van der Waals surface area contributed by atoms with Gasteiger partial charge in [-0.05, 0) is 31.7 Å². The van der Waals surface area contributed by atoms with Gasteiger partial charge in [-0.15, -0.1) is 0 Å². The number of anilines is 1. The molecule has 2 aromatic rings. The molecule has 128 valence electrons. The molecule has 0 aliphatic carbocycles. The molecule has 24 heavy (non-hydrogen) atoms. The molecule has 1 aromatic carbocycles. The Morgan fingerprint density at radius 2 is 2.04 bits per heavy atom. The fraction of sp³-hybridized carbons (Fsp3) is 0.500. The van der Waals surface area contributed by atoms with Crippen LogP contribution in [0, 0.1) is 0 Å². The average molecular weight is 324 g/mol. The average Bonchev–Trinajstić information content (AvgIpc) is 2.95. The first kappa shape index (κ1) is 16.9. The van der Waals surface area contributed by atoms with Crippen molar-refractivity contribution in [3.05, 3.63) is 54.0 Å². The minimum Gasteiger partial charge on any atom is -0.366 e. The van der Waals surface area contributed by atoms with Gasteiger partial charge in [-0.3, -0.25) is 4.90 Å². The Morgan fingerprint density at radius 3 is 2.83 bits per heavy atom. The van der Waals surface area contributed by atoms with E-state index in [2.05, 4.69) is 70.4 Å². The van der Waals surface area contributed by atoms with Gasteiger partial charge >= 0.3 is 0 Å². The van der Waals surface area contributed by atoms with Crippen molar-refractivity contribution in [3.63, 3.8) is 0 Å². The number of likely N-dealkylation sites (tertiary alicyclic amines) is 1. The number of unbranched alkanes of at least 4 members (excludes halogenated alkanes) is 1.